The number of hydrogen-bond acceptors (Lipinski definition) is 6. The van der Waals surface area contributed by atoms with Crippen molar-refractivity contribution in [1.82, 2.24) is 9.21 Å². The minimum Gasteiger partial charge on any atom is -0.465 e. The van der Waals surface area contributed by atoms with Gasteiger partial charge in [0, 0.05) is 38.1 Å². The van der Waals surface area contributed by atoms with E-state index in [1.54, 1.807) is 7.05 Å². The van der Waals surface area contributed by atoms with Crippen LogP contribution in [0.4, 0.5) is 0 Å². The first-order valence-corrected chi connectivity index (χ1v) is 12.8. The van der Waals surface area contributed by atoms with E-state index in [4.69, 9.17) is 4.74 Å². The van der Waals surface area contributed by atoms with Gasteiger partial charge in [0.25, 0.3) is 10.0 Å². The van der Waals surface area contributed by atoms with Crippen LogP contribution in [0.1, 0.15) is 51.3 Å². The lowest BCUT2D eigenvalue weighted by atomic mass is 10.0. The van der Waals surface area contributed by atoms with E-state index in [0.717, 1.165) is 23.5 Å². The molecule has 0 amide bonds. The zero-order chi connectivity index (χ0) is 22.9. The van der Waals surface area contributed by atoms with Gasteiger partial charge in [0.15, 0.2) is 0 Å². The summed E-state index contributed by atoms with van der Waals surface area (Å²) < 4.78 is 33.0. The topological polar surface area (TPSA) is 66.9 Å². The molecule has 1 aromatic heterocycles. The van der Waals surface area contributed by atoms with Crippen LogP contribution in [-0.4, -0.2) is 50.8 Å². The Morgan fingerprint density at radius 3 is 2.58 bits per heavy atom. The molecule has 0 fully saturated rings. The molecule has 0 radical (unpaired) electrons. The minimum atomic E-state index is -3.77. The van der Waals surface area contributed by atoms with Crippen LogP contribution in [0, 0.1) is 19.8 Å². The van der Waals surface area contributed by atoms with Crippen LogP contribution in [-0.2, 0) is 34.3 Å². The van der Waals surface area contributed by atoms with Crippen molar-refractivity contribution in [3.63, 3.8) is 0 Å². The Morgan fingerprint density at radius 2 is 1.97 bits per heavy atom. The third-order valence-electron chi connectivity index (χ3n) is 5.74. The van der Waals surface area contributed by atoms with Crippen LogP contribution in [0.5, 0.6) is 0 Å². The van der Waals surface area contributed by atoms with Crippen molar-refractivity contribution in [3.8, 4) is 0 Å². The molecule has 0 bridgehead atoms. The molecular formula is C23H32N2O4S2. The molecule has 6 nitrogen and oxygen atoms in total. The molecule has 2 aromatic rings. The number of ether oxygens (including phenoxy) is 1. The second kappa shape index (κ2) is 9.40. The number of fused-ring (bicyclic) bond motifs is 1. The summed E-state index contributed by atoms with van der Waals surface area (Å²) in [4.78, 5) is 15.8. The smallest absolute Gasteiger partial charge is 0.340 e. The molecule has 31 heavy (non-hydrogen) atoms. The fraction of sp³-hybridized carbons (Fsp3) is 0.522. The molecule has 2 heterocycles. The van der Waals surface area contributed by atoms with Crippen LogP contribution in [0.15, 0.2) is 22.4 Å². The van der Waals surface area contributed by atoms with Gasteiger partial charge in [-0.25, -0.2) is 13.2 Å². The number of aryl methyl sites for hydroxylation is 2. The lowest BCUT2D eigenvalue weighted by Gasteiger charge is -2.27. The number of nitrogens with zero attached hydrogens (tertiary/aromatic N) is 2. The highest BCUT2D eigenvalue weighted by Gasteiger charge is 2.36. The number of benzene rings is 1. The molecule has 8 heteroatoms. The molecule has 1 aromatic carbocycles. The summed E-state index contributed by atoms with van der Waals surface area (Å²) >= 11 is 1.22. The molecule has 0 spiro atoms. The highest BCUT2D eigenvalue weighted by molar-refractivity contribution is 7.91. The lowest BCUT2D eigenvalue weighted by Crippen LogP contribution is -2.31. The SMILES string of the molecule is COC(=O)c1c(S(=O)(=O)N(C)CC(C)C)sc2c1CCN(Cc1ccc(C)c(C)c1)C2. The summed E-state index contributed by atoms with van der Waals surface area (Å²) in [7, 11) is -0.897. The zero-order valence-electron chi connectivity index (χ0n) is 19.2. The number of methoxy groups -OCH3 is 1. The Kier molecular flexibility index (Phi) is 7.25. The molecule has 0 unspecified atom stereocenters. The highest BCUT2D eigenvalue weighted by Crippen LogP contribution is 2.38. The van der Waals surface area contributed by atoms with E-state index in [1.165, 1.54) is 39.4 Å². The van der Waals surface area contributed by atoms with Gasteiger partial charge in [-0.3, -0.25) is 4.90 Å². The van der Waals surface area contributed by atoms with Crippen LogP contribution in [0.2, 0.25) is 0 Å². The third kappa shape index (κ3) is 5.03. The van der Waals surface area contributed by atoms with Crippen molar-refractivity contribution < 1.29 is 17.9 Å². The molecule has 0 saturated carbocycles. The molecule has 0 aliphatic carbocycles. The molecule has 1 aliphatic rings. The molecule has 0 saturated heterocycles. The largest absolute Gasteiger partial charge is 0.465 e. The van der Waals surface area contributed by atoms with Crippen molar-refractivity contribution in [1.29, 1.82) is 0 Å². The van der Waals surface area contributed by atoms with Crippen molar-refractivity contribution in [3.05, 3.63) is 50.9 Å². The predicted molar refractivity (Wildman–Crippen MR) is 124 cm³/mol. The summed E-state index contributed by atoms with van der Waals surface area (Å²) in [5.74, 6) is -0.388. The summed E-state index contributed by atoms with van der Waals surface area (Å²) in [6, 6.07) is 6.48. The van der Waals surface area contributed by atoms with Gasteiger partial charge >= 0.3 is 5.97 Å². The molecule has 0 N–H and O–H groups in total. The monoisotopic (exact) mass is 464 g/mol. The van der Waals surface area contributed by atoms with Crippen molar-refractivity contribution in [2.24, 2.45) is 5.92 Å². The summed E-state index contributed by atoms with van der Waals surface area (Å²) in [5, 5.41) is 0. The Morgan fingerprint density at radius 1 is 1.26 bits per heavy atom. The Hall–Kier alpha value is -1.74. The summed E-state index contributed by atoms with van der Waals surface area (Å²) in [5.41, 5.74) is 4.82. The number of sulfonamides is 1. The first kappa shape index (κ1) is 23.9. The standard InChI is InChI=1S/C23H32N2O4S2/c1-15(2)12-24(5)31(27,28)23-21(22(26)29-6)19-9-10-25(14-20(19)30-23)13-18-8-7-16(3)17(4)11-18/h7-8,11,15H,9-10,12-14H2,1-6H3. The molecule has 3 rings (SSSR count). The molecule has 0 atom stereocenters. The van der Waals surface area contributed by atoms with E-state index in [9.17, 15) is 13.2 Å². The number of thiophene rings is 1. The number of carbonyl (C=O) groups is 1. The number of esters is 1. The third-order valence-corrected chi connectivity index (χ3v) is 9.27. The Balaban J connectivity index is 1.93. The normalized spacial score (nSPS) is 14.8. The maximum absolute atomic E-state index is 13.3. The van der Waals surface area contributed by atoms with Crippen LogP contribution in [0.25, 0.3) is 0 Å². The van der Waals surface area contributed by atoms with Gasteiger partial charge in [-0.15, -0.1) is 11.3 Å². The maximum Gasteiger partial charge on any atom is 0.340 e. The van der Waals surface area contributed by atoms with Gasteiger partial charge < -0.3 is 4.74 Å². The quantitative estimate of drug-likeness (QED) is 0.580. The second-order valence-corrected chi connectivity index (χ2v) is 12.1. The maximum atomic E-state index is 13.3. The summed E-state index contributed by atoms with van der Waals surface area (Å²) in [6.07, 6.45) is 0.629. The van der Waals surface area contributed by atoms with Gasteiger partial charge in [-0.05, 0) is 48.4 Å². The average molecular weight is 465 g/mol. The van der Waals surface area contributed by atoms with Crippen LogP contribution < -0.4 is 0 Å². The fourth-order valence-corrected chi connectivity index (χ4v) is 7.42. The van der Waals surface area contributed by atoms with Gasteiger partial charge in [-0.1, -0.05) is 32.0 Å². The van der Waals surface area contributed by atoms with E-state index >= 15 is 0 Å². The number of carbonyl (C=O) groups excluding carboxylic acids is 1. The lowest BCUT2D eigenvalue weighted by molar-refractivity contribution is 0.0595. The fourth-order valence-electron chi connectivity index (χ4n) is 3.97. The number of rotatable bonds is 7. The first-order valence-electron chi connectivity index (χ1n) is 10.5. The number of hydrogen-bond donors (Lipinski definition) is 0. The summed E-state index contributed by atoms with van der Waals surface area (Å²) in [6.45, 7) is 10.7. The van der Waals surface area contributed by atoms with Gasteiger partial charge in [-0.2, -0.15) is 4.31 Å². The van der Waals surface area contributed by atoms with E-state index in [0.29, 0.717) is 19.5 Å². The second-order valence-electron chi connectivity index (χ2n) is 8.72. The zero-order valence-corrected chi connectivity index (χ0v) is 20.8. The van der Waals surface area contributed by atoms with Gasteiger partial charge in [0.05, 0.1) is 12.7 Å². The highest BCUT2D eigenvalue weighted by atomic mass is 32.2. The Labute approximate surface area is 189 Å². The molecular weight excluding hydrogens is 432 g/mol. The van der Waals surface area contributed by atoms with E-state index in [-0.39, 0.29) is 15.7 Å². The Bertz CT molecular complexity index is 1070. The van der Waals surface area contributed by atoms with E-state index in [2.05, 4.69) is 36.9 Å². The first-order chi connectivity index (χ1) is 14.5. The predicted octanol–water partition coefficient (Wildman–Crippen LogP) is 3.99. The van der Waals surface area contributed by atoms with Gasteiger partial charge in [0.2, 0.25) is 0 Å². The van der Waals surface area contributed by atoms with E-state index < -0.39 is 16.0 Å². The average Bonchev–Trinajstić information content (AvgIpc) is 3.09. The van der Waals surface area contributed by atoms with Crippen LogP contribution in [0.3, 0.4) is 0 Å². The van der Waals surface area contributed by atoms with Gasteiger partial charge in [0.1, 0.15) is 4.21 Å². The van der Waals surface area contributed by atoms with Crippen LogP contribution >= 0.6 is 11.3 Å². The molecule has 1 aliphatic heterocycles. The minimum absolute atomic E-state index is 0.112. The van der Waals surface area contributed by atoms with Crippen molar-refractivity contribution in [2.75, 3.05) is 27.2 Å². The molecule has 170 valence electrons. The van der Waals surface area contributed by atoms with Crippen molar-refractivity contribution >= 4 is 27.3 Å². The van der Waals surface area contributed by atoms with Crippen molar-refractivity contribution in [2.45, 2.75) is 51.4 Å². The van der Waals surface area contributed by atoms with E-state index in [1.807, 2.05) is 13.8 Å².